The van der Waals surface area contributed by atoms with Gasteiger partial charge in [-0.15, -0.1) is 0 Å². The molecule has 0 bridgehead atoms. The maximum Gasteiger partial charge on any atom is 0.0195 e. The minimum atomic E-state index is 0.751. The van der Waals surface area contributed by atoms with E-state index in [0.29, 0.717) is 0 Å². The van der Waals surface area contributed by atoms with E-state index in [1.54, 1.807) is 0 Å². The van der Waals surface area contributed by atoms with Crippen molar-refractivity contribution in [3.8, 4) is 0 Å². The van der Waals surface area contributed by atoms with Crippen molar-refractivity contribution in [2.24, 2.45) is 5.92 Å². The van der Waals surface area contributed by atoms with Crippen molar-refractivity contribution in [1.29, 1.82) is 0 Å². The van der Waals surface area contributed by atoms with Crippen LogP contribution in [0.5, 0.6) is 0 Å². The second-order valence-corrected chi connectivity index (χ2v) is 6.52. The number of piperidine rings is 1. The average Bonchev–Trinajstić information content (AvgIpc) is 3.19. The normalized spacial score (nSPS) is 36.5. The van der Waals surface area contributed by atoms with Crippen molar-refractivity contribution in [3.63, 3.8) is 0 Å². The van der Waals surface area contributed by atoms with Crippen LogP contribution in [-0.4, -0.2) is 36.1 Å². The van der Waals surface area contributed by atoms with Crippen molar-refractivity contribution in [1.82, 2.24) is 10.2 Å². The highest BCUT2D eigenvalue weighted by Gasteiger charge is 2.35. The van der Waals surface area contributed by atoms with Gasteiger partial charge in [-0.25, -0.2) is 0 Å². The molecule has 3 atom stereocenters. The highest BCUT2D eigenvalue weighted by atomic mass is 15.2. The van der Waals surface area contributed by atoms with Gasteiger partial charge in [0, 0.05) is 24.7 Å². The Hall–Kier alpha value is -0.0800. The molecule has 3 aliphatic rings. The van der Waals surface area contributed by atoms with E-state index >= 15 is 0 Å². The number of fused-ring (bicyclic) bond motifs is 1. The molecule has 0 radical (unpaired) electrons. The first-order valence-corrected chi connectivity index (χ1v) is 7.84. The monoisotopic (exact) mass is 236 g/mol. The summed E-state index contributed by atoms with van der Waals surface area (Å²) < 4.78 is 0. The molecule has 0 aromatic carbocycles. The second-order valence-electron chi connectivity index (χ2n) is 6.52. The molecule has 98 valence electrons. The zero-order chi connectivity index (χ0) is 11.7. The number of hydrogen-bond donors (Lipinski definition) is 1. The Balaban J connectivity index is 1.55. The van der Waals surface area contributed by atoms with E-state index in [0.717, 1.165) is 24.0 Å². The molecule has 1 saturated heterocycles. The number of likely N-dealkylation sites (tertiary alicyclic amines) is 1. The minimum Gasteiger partial charge on any atom is -0.312 e. The molecule has 2 aliphatic carbocycles. The second kappa shape index (κ2) is 5.27. The van der Waals surface area contributed by atoms with Crippen molar-refractivity contribution in [2.45, 2.75) is 76.4 Å². The molecule has 2 nitrogen and oxygen atoms in total. The summed E-state index contributed by atoms with van der Waals surface area (Å²) in [6.07, 6.45) is 11.7. The largest absolute Gasteiger partial charge is 0.312 e. The van der Waals surface area contributed by atoms with Crippen LogP contribution in [0.4, 0.5) is 0 Å². The van der Waals surface area contributed by atoms with E-state index < -0.39 is 0 Å². The molecule has 0 aromatic heterocycles. The van der Waals surface area contributed by atoms with Gasteiger partial charge in [-0.3, -0.25) is 4.90 Å². The molecule has 3 unspecified atom stereocenters. The van der Waals surface area contributed by atoms with Gasteiger partial charge in [-0.1, -0.05) is 12.8 Å². The van der Waals surface area contributed by atoms with Crippen LogP contribution in [-0.2, 0) is 0 Å². The summed E-state index contributed by atoms with van der Waals surface area (Å²) in [4.78, 5) is 2.84. The Bertz CT molecular complexity index is 247. The van der Waals surface area contributed by atoms with E-state index in [1.165, 1.54) is 64.5 Å². The maximum atomic E-state index is 3.71. The summed E-state index contributed by atoms with van der Waals surface area (Å²) in [6, 6.07) is 2.54. The topological polar surface area (TPSA) is 15.3 Å². The van der Waals surface area contributed by atoms with Gasteiger partial charge in [-0.05, 0) is 57.9 Å². The zero-order valence-corrected chi connectivity index (χ0v) is 11.3. The standard InChI is InChI=1S/C15H28N2/c1-12(11-16-14-8-9-14)17-10-4-6-13-5-2-3-7-15(13)17/h12-16H,2-11H2,1H3. The number of nitrogens with zero attached hydrogens (tertiary/aromatic N) is 1. The van der Waals surface area contributed by atoms with Gasteiger partial charge < -0.3 is 5.32 Å². The summed E-state index contributed by atoms with van der Waals surface area (Å²) in [5.41, 5.74) is 0. The van der Waals surface area contributed by atoms with Crippen LogP contribution in [0.3, 0.4) is 0 Å². The number of nitrogens with one attached hydrogen (secondary N) is 1. The van der Waals surface area contributed by atoms with Crippen LogP contribution >= 0.6 is 0 Å². The SMILES string of the molecule is CC(CNC1CC1)N1CCCC2CCCCC21. The van der Waals surface area contributed by atoms with Crippen molar-refractivity contribution in [2.75, 3.05) is 13.1 Å². The first kappa shape index (κ1) is 12.0. The third-order valence-electron chi connectivity index (χ3n) is 5.13. The van der Waals surface area contributed by atoms with Gasteiger partial charge in [0.05, 0.1) is 0 Å². The summed E-state index contributed by atoms with van der Waals surface area (Å²) in [7, 11) is 0. The molecule has 1 heterocycles. The third kappa shape index (κ3) is 2.85. The van der Waals surface area contributed by atoms with E-state index in [2.05, 4.69) is 17.1 Å². The van der Waals surface area contributed by atoms with E-state index in [-0.39, 0.29) is 0 Å². The predicted octanol–water partition coefficient (Wildman–Crippen LogP) is 2.78. The summed E-state index contributed by atoms with van der Waals surface area (Å²) in [6.45, 7) is 5.01. The molecule has 2 saturated carbocycles. The number of hydrogen-bond acceptors (Lipinski definition) is 2. The lowest BCUT2D eigenvalue weighted by Gasteiger charge is -2.47. The van der Waals surface area contributed by atoms with Crippen molar-refractivity contribution < 1.29 is 0 Å². The lowest BCUT2D eigenvalue weighted by Crippen LogP contribution is -2.53. The molecular formula is C15H28N2. The lowest BCUT2D eigenvalue weighted by molar-refractivity contribution is 0.0314. The fraction of sp³-hybridized carbons (Fsp3) is 1.00. The molecule has 3 rings (SSSR count). The van der Waals surface area contributed by atoms with E-state index in [9.17, 15) is 0 Å². The highest BCUT2D eigenvalue weighted by Crippen LogP contribution is 2.36. The lowest BCUT2D eigenvalue weighted by atomic mass is 9.78. The number of rotatable bonds is 4. The van der Waals surface area contributed by atoms with Crippen molar-refractivity contribution >= 4 is 0 Å². The van der Waals surface area contributed by atoms with Gasteiger partial charge in [0.2, 0.25) is 0 Å². The van der Waals surface area contributed by atoms with Gasteiger partial charge in [0.15, 0.2) is 0 Å². The average molecular weight is 236 g/mol. The maximum absolute atomic E-state index is 3.71. The first-order chi connectivity index (χ1) is 8.34. The van der Waals surface area contributed by atoms with Crippen LogP contribution in [0, 0.1) is 5.92 Å². The van der Waals surface area contributed by atoms with E-state index in [1.807, 2.05) is 0 Å². The summed E-state index contributed by atoms with van der Waals surface area (Å²) >= 11 is 0. The molecule has 3 fully saturated rings. The minimum absolute atomic E-state index is 0.751. The fourth-order valence-electron chi connectivity index (χ4n) is 3.95. The predicted molar refractivity (Wildman–Crippen MR) is 72.2 cm³/mol. The zero-order valence-electron chi connectivity index (χ0n) is 11.3. The van der Waals surface area contributed by atoms with Crippen LogP contribution < -0.4 is 5.32 Å². The Morgan fingerprint density at radius 3 is 2.65 bits per heavy atom. The first-order valence-electron chi connectivity index (χ1n) is 7.84. The summed E-state index contributed by atoms with van der Waals surface area (Å²) in [5, 5.41) is 3.71. The van der Waals surface area contributed by atoms with Gasteiger partial charge in [0.25, 0.3) is 0 Å². The molecule has 0 amide bonds. The quantitative estimate of drug-likeness (QED) is 0.807. The smallest absolute Gasteiger partial charge is 0.0195 e. The van der Waals surface area contributed by atoms with Crippen LogP contribution in [0.25, 0.3) is 0 Å². The Morgan fingerprint density at radius 2 is 1.82 bits per heavy atom. The Kier molecular flexibility index (Phi) is 3.72. The van der Waals surface area contributed by atoms with E-state index in [4.69, 9.17) is 0 Å². The Labute approximate surface area is 106 Å². The van der Waals surface area contributed by atoms with Gasteiger partial charge in [0.1, 0.15) is 0 Å². The molecule has 17 heavy (non-hydrogen) atoms. The molecule has 1 aliphatic heterocycles. The highest BCUT2D eigenvalue weighted by molar-refractivity contribution is 4.91. The summed E-state index contributed by atoms with van der Waals surface area (Å²) in [5.74, 6) is 1.03. The third-order valence-corrected chi connectivity index (χ3v) is 5.13. The van der Waals surface area contributed by atoms with Crippen molar-refractivity contribution in [3.05, 3.63) is 0 Å². The van der Waals surface area contributed by atoms with Gasteiger partial charge in [-0.2, -0.15) is 0 Å². The molecule has 0 aromatic rings. The van der Waals surface area contributed by atoms with Crippen LogP contribution in [0.2, 0.25) is 0 Å². The molecule has 0 spiro atoms. The van der Waals surface area contributed by atoms with Crippen LogP contribution in [0.15, 0.2) is 0 Å². The van der Waals surface area contributed by atoms with Gasteiger partial charge >= 0.3 is 0 Å². The molecular weight excluding hydrogens is 208 g/mol. The fourth-order valence-corrected chi connectivity index (χ4v) is 3.95. The van der Waals surface area contributed by atoms with Crippen LogP contribution in [0.1, 0.15) is 58.3 Å². The Morgan fingerprint density at radius 1 is 1.06 bits per heavy atom. The molecule has 2 heteroatoms. The molecule has 1 N–H and O–H groups in total.